The zero-order valence-corrected chi connectivity index (χ0v) is 13.5. The molecular weight excluding hydrogens is 312 g/mol. The van der Waals surface area contributed by atoms with Crippen LogP contribution in [-0.2, 0) is 14.3 Å². The minimum absolute atomic E-state index is 0.0214. The van der Waals surface area contributed by atoms with Gasteiger partial charge in [-0.2, -0.15) is 10.4 Å². The van der Waals surface area contributed by atoms with Crippen LogP contribution in [0, 0.1) is 11.3 Å². The van der Waals surface area contributed by atoms with Gasteiger partial charge in [0.15, 0.2) is 0 Å². The highest BCUT2D eigenvalue weighted by Gasteiger charge is 2.08. The fraction of sp³-hybridized carbons (Fsp3) is 0.312. The number of ether oxygens (including phenoxy) is 1. The molecule has 0 saturated heterocycles. The van der Waals surface area contributed by atoms with Crippen LogP contribution in [0.5, 0.6) is 0 Å². The summed E-state index contributed by atoms with van der Waals surface area (Å²) in [5.74, 6) is -1.28. The summed E-state index contributed by atoms with van der Waals surface area (Å²) in [5.41, 5.74) is 3.49. The number of nitrogens with zero attached hydrogens (tertiary/aromatic N) is 2. The number of hydrazone groups is 1. The molecule has 2 N–H and O–H groups in total. The number of hydrogen-bond donors (Lipinski definition) is 2. The Morgan fingerprint density at radius 1 is 1.21 bits per heavy atom. The van der Waals surface area contributed by atoms with E-state index in [1.165, 1.54) is 0 Å². The largest absolute Gasteiger partial charge is 0.462 e. The molecule has 24 heavy (non-hydrogen) atoms. The third-order valence-corrected chi connectivity index (χ3v) is 2.71. The second kappa shape index (κ2) is 9.74. The quantitative estimate of drug-likeness (QED) is 0.447. The number of hydrogen-bond acceptors (Lipinski definition) is 6. The standard InChI is InChI=1S/C16H18N4O4/c1-3-24-16(23)12-4-6-13(7-5-12)18-15(22)10-11(2)19-20-14(21)8-9-17/h4-7H,3,8,10H2,1-2H3,(H,18,22)(H,20,21). The molecule has 0 bridgehead atoms. The molecule has 0 aromatic heterocycles. The topological polar surface area (TPSA) is 121 Å². The van der Waals surface area contributed by atoms with Gasteiger partial charge in [-0.3, -0.25) is 9.59 Å². The van der Waals surface area contributed by atoms with Crippen LogP contribution in [0.3, 0.4) is 0 Å². The lowest BCUT2D eigenvalue weighted by Gasteiger charge is -2.06. The Hall–Kier alpha value is -3.21. The summed E-state index contributed by atoms with van der Waals surface area (Å²) in [5, 5.41) is 14.7. The van der Waals surface area contributed by atoms with Crippen molar-refractivity contribution in [2.75, 3.05) is 11.9 Å². The molecule has 2 amide bonds. The fourth-order valence-electron chi connectivity index (χ4n) is 1.65. The Labute approximate surface area is 139 Å². The first-order chi connectivity index (χ1) is 11.5. The number of carbonyl (C=O) groups is 3. The van der Waals surface area contributed by atoms with Crippen molar-refractivity contribution in [1.29, 1.82) is 5.26 Å². The van der Waals surface area contributed by atoms with Crippen LogP contribution < -0.4 is 10.7 Å². The minimum atomic E-state index is -0.535. The Bertz CT molecular complexity index is 674. The van der Waals surface area contributed by atoms with Crippen molar-refractivity contribution in [2.45, 2.75) is 26.7 Å². The van der Waals surface area contributed by atoms with Crippen LogP contribution in [0.4, 0.5) is 5.69 Å². The highest BCUT2D eigenvalue weighted by molar-refractivity contribution is 6.05. The van der Waals surface area contributed by atoms with Crippen molar-refractivity contribution in [2.24, 2.45) is 5.10 Å². The normalized spacial score (nSPS) is 10.5. The summed E-state index contributed by atoms with van der Waals surface area (Å²) in [4.78, 5) is 34.5. The maximum absolute atomic E-state index is 11.9. The molecular formula is C16H18N4O4. The number of nitrogens with one attached hydrogen (secondary N) is 2. The third-order valence-electron chi connectivity index (χ3n) is 2.71. The number of nitriles is 1. The van der Waals surface area contributed by atoms with Crippen molar-refractivity contribution in [3.05, 3.63) is 29.8 Å². The lowest BCUT2D eigenvalue weighted by atomic mass is 10.2. The van der Waals surface area contributed by atoms with Gasteiger partial charge in [-0.15, -0.1) is 0 Å². The monoisotopic (exact) mass is 330 g/mol. The van der Waals surface area contributed by atoms with Crippen molar-refractivity contribution in [3.8, 4) is 6.07 Å². The molecule has 1 aromatic rings. The lowest BCUT2D eigenvalue weighted by molar-refractivity contribution is -0.120. The second-order valence-corrected chi connectivity index (χ2v) is 4.74. The molecule has 1 rings (SSSR count). The molecule has 0 fully saturated rings. The summed E-state index contributed by atoms with van der Waals surface area (Å²) in [7, 11) is 0. The predicted molar refractivity (Wildman–Crippen MR) is 87.1 cm³/mol. The summed E-state index contributed by atoms with van der Waals surface area (Å²) in [6.45, 7) is 3.59. The van der Waals surface area contributed by atoms with Gasteiger partial charge in [-0.25, -0.2) is 10.2 Å². The van der Waals surface area contributed by atoms with Gasteiger partial charge in [0.25, 0.3) is 5.91 Å². The average Bonchev–Trinajstić information content (AvgIpc) is 2.54. The Balaban J connectivity index is 2.53. The summed E-state index contributed by atoms with van der Waals surface area (Å²) >= 11 is 0. The van der Waals surface area contributed by atoms with Crippen LogP contribution >= 0.6 is 0 Å². The number of carbonyl (C=O) groups excluding carboxylic acids is 3. The molecule has 0 unspecified atom stereocenters. The van der Waals surface area contributed by atoms with Crippen LogP contribution in [-0.4, -0.2) is 30.1 Å². The van der Waals surface area contributed by atoms with Gasteiger partial charge in [-0.1, -0.05) is 0 Å². The highest BCUT2D eigenvalue weighted by atomic mass is 16.5. The molecule has 1 aromatic carbocycles. The molecule has 0 radical (unpaired) electrons. The molecule has 0 spiro atoms. The Morgan fingerprint density at radius 2 is 1.88 bits per heavy atom. The van der Waals surface area contributed by atoms with Gasteiger partial charge >= 0.3 is 5.97 Å². The Kier molecular flexibility index (Phi) is 7.64. The first kappa shape index (κ1) is 18.8. The van der Waals surface area contributed by atoms with Crippen molar-refractivity contribution in [3.63, 3.8) is 0 Å². The number of anilines is 1. The van der Waals surface area contributed by atoms with Gasteiger partial charge in [0.2, 0.25) is 5.91 Å². The van der Waals surface area contributed by atoms with Gasteiger partial charge in [-0.05, 0) is 38.1 Å². The van der Waals surface area contributed by atoms with Crippen LogP contribution in [0.1, 0.15) is 37.0 Å². The number of benzene rings is 1. The zero-order chi connectivity index (χ0) is 17.9. The molecule has 0 heterocycles. The second-order valence-electron chi connectivity index (χ2n) is 4.74. The van der Waals surface area contributed by atoms with E-state index in [-0.39, 0.29) is 18.7 Å². The van der Waals surface area contributed by atoms with Crippen molar-refractivity contribution < 1.29 is 19.1 Å². The van der Waals surface area contributed by atoms with Gasteiger partial charge in [0.05, 0.1) is 24.7 Å². The van der Waals surface area contributed by atoms with E-state index >= 15 is 0 Å². The molecule has 126 valence electrons. The molecule has 8 nitrogen and oxygen atoms in total. The van der Waals surface area contributed by atoms with E-state index in [2.05, 4.69) is 15.8 Å². The predicted octanol–water partition coefficient (Wildman–Crippen LogP) is 1.60. The molecule has 0 atom stereocenters. The minimum Gasteiger partial charge on any atom is -0.462 e. The fourth-order valence-corrected chi connectivity index (χ4v) is 1.65. The van der Waals surface area contributed by atoms with Crippen molar-refractivity contribution in [1.82, 2.24) is 5.43 Å². The molecule has 0 aliphatic carbocycles. The van der Waals surface area contributed by atoms with E-state index in [0.717, 1.165) is 0 Å². The Morgan fingerprint density at radius 3 is 2.46 bits per heavy atom. The first-order valence-corrected chi connectivity index (χ1v) is 7.22. The lowest BCUT2D eigenvalue weighted by Crippen LogP contribution is -2.20. The summed E-state index contributed by atoms with van der Waals surface area (Å²) in [6.07, 6.45) is -0.317. The van der Waals surface area contributed by atoms with E-state index in [1.807, 2.05) is 0 Å². The van der Waals surface area contributed by atoms with Crippen LogP contribution in [0.15, 0.2) is 29.4 Å². The van der Waals surface area contributed by atoms with Gasteiger partial charge in [0.1, 0.15) is 6.42 Å². The molecule has 0 aliphatic heterocycles. The zero-order valence-electron chi connectivity index (χ0n) is 13.5. The van der Waals surface area contributed by atoms with E-state index in [0.29, 0.717) is 23.6 Å². The SMILES string of the molecule is CCOC(=O)c1ccc(NC(=O)CC(C)=NNC(=O)CC#N)cc1. The average molecular weight is 330 g/mol. The summed E-state index contributed by atoms with van der Waals surface area (Å²) < 4.78 is 4.87. The van der Waals surface area contributed by atoms with E-state index in [4.69, 9.17) is 10.00 Å². The molecule has 0 aliphatic rings. The maximum atomic E-state index is 11.9. The maximum Gasteiger partial charge on any atom is 0.338 e. The van der Waals surface area contributed by atoms with Crippen LogP contribution in [0.2, 0.25) is 0 Å². The first-order valence-electron chi connectivity index (χ1n) is 7.22. The highest BCUT2D eigenvalue weighted by Crippen LogP contribution is 2.11. The molecule has 8 heteroatoms. The smallest absolute Gasteiger partial charge is 0.338 e. The van der Waals surface area contributed by atoms with E-state index in [1.54, 1.807) is 44.2 Å². The van der Waals surface area contributed by atoms with E-state index < -0.39 is 11.9 Å². The van der Waals surface area contributed by atoms with Crippen molar-refractivity contribution >= 4 is 29.2 Å². The number of amides is 2. The summed E-state index contributed by atoms with van der Waals surface area (Å²) in [6, 6.07) is 7.97. The third kappa shape index (κ3) is 6.70. The van der Waals surface area contributed by atoms with Crippen LogP contribution in [0.25, 0.3) is 0 Å². The number of rotatable bonds is 7. The van der Waals surface area contributed by atoms with Gasteiger partial charge in [0, 0.05) is 11.4 Å². The van der Waals surface area contributed by atoms with Gasteiger partial charge < -0.3 is 10.1 Å². The van der Waals surface area contributed by atoms with E-state index in [9.17, 15) is 14.4 Å². The molecule has 0 saturated carbocycles. The number of esters is 1.